The van der Waals surface area contributed by atoms with Crippen LogP contribution in [0, 0.1) is 32.4 Å². The lowest BCUT2D eigenvalue weighted by molar-refractivity contribution is 0.101. The van der Waals surface area contributed by atoms with Crippen LogP contribution >= 0.6 is 23.2 Å². The number of amides is 4. The van der Waals surface area contributed by atoms with Gasteiger partial charge in [0, 0.05) is 169 Å². The highest BCUT2D eigenvalue weighted by Gasteiger charge is 2.34. The van der Waals surface area contributed by atoms with E-state index in [4.69, 9.17) is 33.2 Å². The number of pyridine rings is 5. The Morgan fingerprint density at radius 2 is 0.793 bits per heavy atom. The van der Waals surface area contributed by atoms with Gasteiger partial charge in [-0.15, -0.1) is 0 Å². The van der Waals surface area contributed by atoms with Gasteiger partial charge in [-0.25, -0.2) is 28.7 Å². The second-order valence-corrected chi connectivity index (χ2v) is 40.8. The standard InChI is InChI=1S/C26H23FN4O3S.C25H21Cl2N5O3S.C25H22FN5O3S.C25H23N5O3S/c1-17-7-8-19(15-23(17)25-21-6-3-2-5-18(21)11-13-28-25)30-26(32)22-10-9-20(16-24(22)27)31-14-4-12-29-35(31,33)34;1-31-11-4-12-32(36(31,34)35)18-8-9-19(22(27)14-18)25(33)29-17-7-10-21(26)20(13-17)24-28-15-16-5-2-3-6-23(16)30-24;1-16-3-5-18(13-21(16)24-8-4-17-15-27-11-9-23(17)30-24)29-25(32)20-7-6-19(14-22(20)26)31-12-2-10-28-35(31,33)34;1-17-3-7-20(15-22(17)24-10-6-19-16-26-13-11-23(19)29-24)28-25(31)18-4-8-21(9-5-18)30-14-2-12-27-34(30,32)33/h2-3,5-11,13,15-16,29H,4,12,14H2,1H3,(H,30,32);2-3,5-10,13-15H,4,11-12H2,1H3,(H,29,33);3-9,11,13-15,28H,2,10,12H2,1H3,(H,29,32);3-11,13,15-16,27H,2,12,14H2,1H3,(H,28,31). The number of aromatic nitrogens is 7. The molecule has 0 saturated carbocycles. The minimum absolute atomic E-state index is 0.139. The molecule has 39 heteroatoms. The number of anilines is 8. The lowest BCUT2D eigenvalue weighted by atomic mass is 9.99. The Kier molecular flexibility index (Phi) is 28.7. The molecular weight excluding hydrogens is 1910 g/mol. The number of aryl methyl sites for hydroxylation is 3. The van der Waals surface area contributed by atoms with E-state index in [1.165, 1.54) is 56.4 Å². The van der Waals surface area contributed by atoms with E-state index >= 15 is 0 Å². The molecule has 20 rings (SSSR count). The van der Waals surface area contributed by atoms with Gasteiger partial charge in [-0.05, 0) is 251 Å². The average Bonchev–Trinajstić information content (AvgIpc) is 0.781. The van der Waals surface area contributed by atoms with Gasteiger partial charge in [-0.2, -0.15) is 52.1 Å². The second-order valence-electron chi connectivity index (χ2n) is 33.0. The van der Waals surface area contributed by atoms with Crippen LogP contribution in [-0.4, -0.2) is 156 Å². The van der Waals surface area contributed by atoms with E-state index in [2.05, 4.69) is 60.4 Å². The average molecular weight is 2000 g/mol. The number of nitrogens with one attached hydrogen (secondary N) is 7. The van der Waals surface area contributed by atoms with Crippen molar-refractivity contribution < 1.29 is 61.6 Å². The van der Waals surface area contributed by atoms with Gasteiger partial charge >= 0.3 is 40.8 Å². The summed E-state index contributed by atoms with van der Waals surface area (Å²) in [5, 5.41) is 16.6. The molecule has 16 aromatic rings. The summed E-state index contributed by atoms with van der Waals surface area (Å²) in [6.45, 7) is 8.73. The zero-order valence-corrected chi connectivity index (χ0v) is 80.2. The molecule has 6 aromatic heterocycles. The molecule has 10 aromatic carbocycles. The molecule has 0 atom stereocenters. The van der Waals surface area contributed by atoms with Crippen molar-refractivity contribution in [2.24, 2.45) is 0 Å². The lowest BCUT2D eigenvalue weighted by Gasteiger charge is -2.34. The number of halogens is 4. The highest BCUT2D eigenvalue weighted by atomic mass is 35.5. The summed E-state index contributed by atoms with van der Waals surface area (Å²) in [5.74, 6) is -3.17. The minimum Gasteiger partial charge on any atom is -0.322 e. The van der Waals surface area contributed by atoms with Crippen molar-refractivity contribution in [1.29, 1.82) is 0 Å². The maximum absolute atomic E-state index is 14.9. The molecule has 31 nitrogen and oxygen atoms in total. The van der Waals surface area contributed by atoms with Gasteiger partial charge < -0.3 is 21.3 Å². The van der Waals surface area contributed by atoms with Crippen molar-refractivity contribution in [3.05, 3.63) is 340 Å². The minimum atomic E-state index is -3.72. The van der Waals surface area contributed by atoms with Gasteiger partial charge in [0.2, 0.25) is 0 Å². The number of hydrogen-bond acceptors (Lipinski definition) is 19. The maximum atomic E-state index is 14.9. The third kappa shape index (κ3) is 21.7. The summed E-state index contributed by atoms with van der Waals surface area (Å²) in [6, 6.07) is 69.2. The third-order valence-electron chi connectivity index (χ3n) is 23.6. The second kappa shape index (κ2) is 41.5. The number of hydrogen-bond donors (Lipinski definition) is 7. The highest BCUT2D eigenvalue weighted by molar-refractivity contribution is 7.91. The number of carbonyl (C=O) groups is 4. The molecule has 4 amide bonds. The van der Waals surface area contributed by atoms with Crippen LogP contribution in [0.2, 0.25) is 10.0 Å². The van der Waals surface area contributed by atoms with Crippen molar-refractivity contribution in [3.63, 3.8) is 0 Å². The largest absolute Gasteiger partial charge is 0.322 e. The number of nitrogens with zero attached hydrogens (tertiary/aromatic N) is 12. The van der Waals surface area contributed by atoms with Crippen LogP contribution in [0.5, 0.6) is 0 Å². The predicted octanol–water partition coefficient (Wildman–Crippen LogP) is 17.8. The Morgan fingerprint density at radius 3 is 1.31 bits per heavy atom. The number of fused-ring (bicyclic) bond motifs is 4. The first-order valence-corrected chi connectivity index (χ1v) is 50.7. The third-order valence-corrected chi connectivity index (χ3v) is 30.8. The molecule has 4 saturated heterocycles. The molecule has 7 N–H and O–H groups in total. The summed E-state index contributed by atoms with van der Waals surface area (Å²) in [4.78, 5) is 82.8. The van der Waals surface area contributed by atoms with Crippen molar-refractivity contribution in [1.82, 2.24) is 53.4 Å². The van der Waals surface area contributed by atoms with E-state index in [9.17, 15) is 61.6 Å². The van der Waals surface area contributed by atoms with Crippen LogP contribution < -0.4 is 52.7 Å². The normalized spacial score (nSPS) is 15.3. The molecule has 140 heavy (non-hydrogen) atoms. The van der Waals surface area contributed by atoms with Crippen LogP contribution in [0.25, 0.3) is 88.6 Å². The van der Waals surface area contributed by atoms with Crippen molar-refractivity contribution in [3.8, 4) is 45.2 Å². The first kappa shape index (κ1) is 96.9. The topological polar surface area (TPSA) is 395 Å². The molecule has 0 spiro atoms. The number of carbonyl (C=O) groups excluding carboxylic acids is 4. The molecule has 4 fully saturated rings. The van der Waals surface area contributed by atoms with E-state index in [1.54, 1.807) is 104 Å². The molecular formula is C101H89Cl2F2N19O12S4. The number of rotatable bonds is 16. The van der Waals surface area contributed by atoms with Gasteiger partial charge in [0.15, 0.2) is 5.82 Å². The summed E-state index contributed by atoms with van der Waals surface area (Å²) >= 11 is 12.8. The lowest BCUT2D eigenvalue weighted by Crippen LogP contribution is -2.48. The summed E-state index contributed by atoms with van der Waals surface area (Å²) < 4.78 is 142. The SMILES string of the molecule is CN1CCCN(c2ccc(C(=O)Nc3ccc(Cl)c(-c4ncc5ccccc5n4)c3)c(Cl)c2)S1(=O)=O.Cc1ccc(NC(=O)c2ccc(N3CCCNS3(=O)=O)cc2)cc1-c1ccc2cnccc2n1.Cc1ccc(NC(=O)c2ccc(N3CCCNS3(=O)=O)cc2F)cc1-c1ccc2cnccc2n1.Cc1ccc(NC(=O)c2ccc(N3CCCNS3(=O)=O)cc2F)cc1-c1nccc2ccccc12. The summed E-state index contributed by atoms with van der Waals surface area (Å²) in [7, 11) is -13.1. The van der Waals surface area contributed by atoms with Gasteiger partial charge in [-0.3, -0.25) is 51.4 Å². The van der Waals surface area contributed by atoms with Crippen molar-refractivity contribution >= 4 is 177 Å². The molecule has 4 aliphatic heterocycles. The fourth-order valence-corrected chi connectivity index (χ4v) is 22.1. The van der Waals surface area contributed by atoms with Crippen LogP contribution in [0.4, 0.5) is 54.3 Å². The zero-order chi connectivity index (χ0) is 98.3. The van der Waals surface area contributed by atoms with E-state index < -0.39 is 70.2 Å². The monoisotopic (exact) mass is 2000 g/mol. The Morgan fingerprint density at radius 1 is 0.364 bits per heavy atom. The van der Waals surface area contributed by atoms with Crippen molar-refractivity contribution in [2.45, 2.75) is 46.5 Å². The molecule has 0 bridgehead atoms. The molecule has 10 heterocycles. The van der Waals surface area contributed by atoms with Crippen LogP contribution in [0.3, 0.4) is 0 Å². The van der Waals surface area contributed by atoms with Crippen LogP contribution in [-0.2, 0) is 40.8 Å². The van der Waals surface area contributed by atoms with Gasteiger partial charge in [0.25, 0.3) is 23.6 Å². The fourth-order valence-electron chi connectivity index (χ4n) is 16.2. The Hall–Kier alpha value is -14.8. The predicted molar refractivity (Wildman–Crippen MR) is 544 cm³/mol. The first-order chi connectivity index (χ1) is 67.3. The zero-order valence-electron chi connectivity index (χ0n) is 75.5. The highest BCUT2D eigenvalue weighted by Crippen LogP contribution is 2.38. The Balaban J connectivity index is 0.000000129. The summed E-state index contributed by atoms with van der Waals surface area (Å²) in [6.07, 6.45) is 13.0. The van der Waals surface area contributed by atoms with E-state index in [0.717, 1.165) is 121 Å². The molecule has 0 unspecified atom stereocenters. The number of para-hydroxylation sites is 1. The van der Waals surface area contributed by atoms with E-state index in [1.807, 2.05) is 148 Å². The molecule has 0 radical (unpaired) electrons. The first-order valence-electron chi connectivity index (χ1n) is 44.2. The fraction of sp³-hybridized carbons (Fsp3) is 0.158. The van der Waals surface area contributed by atoms with E-state index in [-0.39, 0.29) is 52.1 Å². The Labute approximate surface area is 815 Å². The maximum Gasteiger partial charge on any atom is 0.303 e. The number of benzene rings is 10. The summed E-state index contributed by atoms with van der Waals surface area (Å²) in [5.41, 5.74) is 14.6. The van der Waals surface area contributed by atoms with Gasteiger partial charge in [0.05, 0.1) is 83.1 Å². The quantitative estimate of drug-likeness (QED) is 0.0472. The molecule has 712 valence electrons. The smallest absolute Gasteiger partial charge is 0.303 e. The van der Waals surface area contributed by atoms with Crippen LogP contribution in [0.1, 0.15) is 83.8 Å². The molecule has 4 aliphatic rings. The van der Waals surface area contributed by atoms with Crippen molar-refractivity contribution in [2.75, 3.05) is 97.9 Å². The Bertz CT molecular complexity index is 8060. The van der Waals surface area contributed by atoms with Gasteiger partial charge in [0.1, 0.15) is 11.6 Å². The van der Waals surface area contributed by atoms with Crippen LogP contribution in [0.15, 0.2) is 280 Å². The van der Waals surface area contributed by atoms with E-state index in [0.29, 0.717) is 115 Å². The molecule has 0 aliphatic carbocycles. The van der Waals surface area contributed by atoms with Gasteiger partial charge in [-0.1, -0.05) is 83.9 Å².